The summed E-state index contributed by atoms with van der Waals surface area (Å²) in [4.78, 5) is 28.0. The zero-order chi connectivity index (χ0) is 29.0. The van der Waals surface area contributed by atoms with Crippen LogP contribution >= 0.6 is 11.6 Å². The van der Waals surface area contributed by atoms with E-state index in [-0.39, 0.29) is 42.8 Å². The molecule has 0 heterocycles. The van der Waals surface area contributed by atoms with Crippen LogP contribution in [-0.4, -0.2) is 69.8 Å². The number of rotatable bonds is 16. The number of carbonyl (C=O) groups excluding carboxylic acids is 2. The highest BCUT2D eigenvalue weighted by atomic mass is 35.5. The number of amides is 2. The Morgan fingerprint density at radius 2 is 1.59 bits per heavy atom. The Morgan fingerprint density at radius 1 is 1.00 bits per heavy atom. The van der Waals surface area contributed by atoms with E-state index in [2.05, 4.69) is 10.0 Å². The summed E-state index contributed by atoms with van der Waals surface area (Å²) in [5.41, 5.74) is 0.782. The number of ether oxygens (including phenoxy) is 2. The molecule has 0 aliphatic rings. The third-order valence-electron chi connectivity index (χ3n) is 5.71. The van der Waals surface area contributed by atoms with E-state index >= 15 is 0 Å². The smallest absolute Gasteiger partial charge is 0.245 e. The fourth-order valence-corrected chi connectivity index (χ4v) is 4.92. The first kappa shape index (κ1) is 32.6. The molecule has 2 N–H and O–H groups in total. The van der Waals surface area contributed by atoms with Gasteiger partial charge < -0.3 is 19.7 Å². The molecule has 0 bridgehead atoms. The summed E-state index contributed by atoms with van der Waals surface area (Å²) >= 11 is 6.00. The quantitative estimate of drug-likeness (QED) is 0.292. The van der Waals surface area contributed by atoms with E-state index < -0.39 is 34.1 Å². The van der Waals surface area contributed by atoms with Gasteiger partial charge in [0.25, 0.3) is 0 Å². The third kappa shape index (κ3) is 10.8. The maximum Gasteiger partial charge on any atom is 0.245 e. The van der Waals surface area contributed by atoms with Crippen LogP contribution in [0.4, 0.5) is 4.39 Å². The molecule has 2 aromatic carbocycles. The van der Waals surface area contributed by atoms with E-state index in [0.717, 1.165) is 29.8 Å². The highest BCUT2D eigenvalue weighted by molar-refractivity contribution is 7.89. The average Bonchev–Trinajstić information content (AvgIpc) is 2.88. The van der Waals surface area contributed by atoms with Crippen molar-refractivity contribution < 1.29 is 31.9 Å². The Labute approximate surface area is 235 Å². The first-order valence-corrected chi connectivity index (χ1v) is 14.7. The molecule has 216 valence electrons. The van der Waals surface area contributed by atoms with Crippen LogP contribution in [0.2, 0.25) is 5.02 Å². The van der Waals surface area contributed by atoms with E-state index in [1.165, 1.54) is 0 Å². The Balaban J connectivity index is 2.15. The number of sulfonamides is 1. The van der Waals surface area contributed by atoms with Crippen molar-refractivity contribution in [2.24, 2.45) is 0 Å². The average molecular weight is 586 g/mol. The molecule has 2 amide bonds. The summed E-state index contributed by atoms with van der Waals surface area (Å²) in [6, 6.07) is 10.1. The number of hydrogen-bond acceptors (Lipinski definition) is 6. The molecule has 12 heteroatoms. The maximum absolute atomic E-state index is 13.7. The van der Waals surface area contributed by atoms with Gasteiger partial charge in [0.1, 0.15) is 11.9 Å². The molecular weight excluding hydrogens is 549 g/mol. The molecule has 0 saturated carbocycles. The summed E-state index contributed by atoms with van der Waals surface area (Å²) in [5, 5.41) is 3.30. The number of carbonyl (C=O) groups is 2. The second kappa shape index (κ2) is 15.9. The SMILES string of the molecule is CCOC(CN(C(=O)C(Cc1ccc(Cl)cc1)NC(=O)CCNS(=O)(=O)c1ccc(F)cc1)C(C)C)OCC. The van der Waals surface area contributed by atoms with Crippen LogP contribution in [0.25, 0.3) is 0 Å². The monoisotopic (exact) mass is 585 g/mol. The van der Waals surface area contributed by atoms with Crippen LogP contribution in [0, 0.1) is 5.82 Å². The molecular formula is C27H37ClFN3O6S. The maximum atomic E-state index is 13.7. The van der Waals surface area contributed by atoms with E-state index in [1.807, 2.05) is 27.7 Å². The minimum Gasteiger partial charge on any atom is -0.351 e. The summed E-state index contributed by atoms with van der Waals surface area (Å²) < 4.78 is 51.6. The van der Waals surface area contributed by atoms with E-state index in [9.17, 15) is 22.4 Å². The lowest BCUT2D eigenvalue weighted by atomic mass is 10.0. The van der Waals surface area contributed by atoms with E-state index in [1.54, 1.807) is 29.2 Å². The van der Waals surface area contributed by atoms with Crippen LogP contribution in [0.15, 0.2) is 53.4 Å². The van der Waals surface area contributed by atoms with Gasteiger partial charge in [0.15, 0.2) is 6.29 Å². The van der Waals surface area contributed by atoms with Crippen molar-refractivity contribution in [3.63, 3.8) is 0 Å². The normalized spacial score (nSPS) is 12.5. The Bertz CT molecular complexity index is 1160. The molecule has 39 heavy (non-hydrogen) atoms. The molecule has 0 fully saturated rings. The van der Waals surface area contributed by atoms with Crippen molar-refractivity contribution in [2.45, 2.75) is 63.8 Å². The van der Waals surface area contributed by atoms with Crippen LogP contribution in [0.3, 0.4) is 0 Å². The van der Waals surface area contributed by atoms with Crippen LogP contribution < -0.4 is 10.0 Å². The highest BCUT2D eigenvalue weighted by Gasteiger charge is 2.30. The number of nitrogens with zero attached hydrogens (tertiary/aromatic N) is 1. The summed E-state index contributed by atoms with van der Waals surface area (Å²) in [5.74, 6) is -1.41. The number of hydrogen-bond donors (Lipinski definition) is 2. The standard InChI is InChI=1S/C27H37ClFN3O6S/c1-5-37-26(38-6-2)18-32(19(3)4)27(34)24(17-20-7-9-21(28)10-8-20)31-25(33)15-16-30-39(35,36)23-13-11-22(29)12-14-23/h7-14,19,24,26,30H,5-6,15-18H2,1-4H3,(H,31,33). The summed E-state index contributed by atoms with van der Waals surface area (Å²) in [6.45, 7) is 8.16. The predicted molar refractivity (Wildman–Crippen MR) is 147 cm³/mol. The first-order chi connectivity index (χ1) is 18.5. The molecule has 0 aliphatic heterocycles. The molecule has 0 aliphatic carbocycles. The molecule has 0 spiro atoms. The van der Waals surface area contributed by atoms with Crippen LogP contribution in [0.5, 0.6) is 0 Å². The van der Waals surface area contributed by atoms with Crippen molar-refractivity contribution in [1.82, 2.24) is 14.9 Å². The van der Waals surface area contributed by atoms with Crippen molar-refractivity contribution in [2.75, 3.05) is 26.3 Å². The topological polar surface area (TPSA) is 114 Å². The van der Waals surface area contributed by atoms with Crippen molar-refractivity contribution in [3.8, 4) is 0 Å². The molecule has 0 aromatic heterocycles. The van der Waals surface area contributed by atoms with Gasteiger partial charge in [0.2, 0.25) is 21.8 Å². The fourth-order valence-electron chi connectivity index (χ4n) is 3.76. The highest BCUT2D eigenvalue weighted by Crippen LogP contribution is 2.15. The third-order valence-corrected chi connectivity index (χ3v) is 7.44. The molecule has 2 aromatic rings. The molecule has 1 unspecified atom stereocenters. The lowest BCUT2D eigenvalue weighted by molar-refractivity contribution is -0.163. The fraction of sp³-hybridized carbons (Fsp3) is 0.481. The largest absolute Gasteiger partial charge is 0.351 e. The molecule has 9 nitrogen and oxygen atoms in total. The predicted octanol–water partition coefficient (Wildman–Crippen LogP) is 3.51. The second-order valence-corrected chi connectivity index (χ2v) is 11.2. The molecule has 0 radical (unpaired) electrons. The van der Waals surface area contributed by atoms with E-state index in [0.29, 0.717) is 18.2 Å². The summed E-state index contributed by atoms with van der Waals surface area (Å²) in [6.07, 6.45) is -0.646. The van der Waals surface area contributed by atoms with Crippen LogP contribution in [-0.2, 0) is 35.5 Å². The van der Waals surface area contributed by atoms with Gasteiger partial charge in [-0.3, -0.25) is 9.59 Å². The van der Waals surface area contributed by atoms with Gasteiger partial charge in [-0.1, -0.05) is 23.7 Å². The Hall–Kier alpha value is -2.57. The molecule has 2 rings (SSSR count). The van der Waals surface area contributed by atoms with Crippen molar-refractivity contribution >= 4 is 33.4 Å². The van der Waals surface area contributed by atoms with Gasteiger partial charge >= 0.3 is 0 Å². The zero-order valence-corrected chi connectivity index (χ0v) is 24.2. The summed E-state index contributed by atoms with van der Waals surface area (Å²) in [7, 11) is -3.93. The van der Waals surface area contributed by atoms with Gasteiger partial charge in [-0.05, 0) is 69.7 Å². The van der Waals surface area contributed by atoms with Gasteiger partial charge in [-0.15, -0.1) is 0 Å². The van der Waals surface area contributed by atoms with Gasteiger partial charge in [-0.2, -0.15) is 0 Å². The van der Waals surface area contributed by atoms with Gasteiger partial charge in [-0.25, -0.2) is 17.5 Å². The Kier molecular flexibility index (Phi) is 13.3. The number of nitrogens with one attached hydrogen (secondary N) is 2. The van der Waals surface area contributed by atoms with E-state index in [4.69, 9.17) is 21.1 Å². The lowest BCUT2D eigenvalue weighted by Gasteiger charge is -2.33. The second-order valence-electron chi connectivity index (χ2n) is 8.98. The van der Waals surface area contributed by atoms with Crippen LogP contribution in [0.1, 0.15) is 39.7 Å². The van der Waals surface area contributed by atoms with Gasteiger partial charge in [0.05, 0.1) is 11.4 Å². The molecule has 0 saturated heterocycles. The van der Waals surface area contributed by atoms with Gasteiger partial charge in [0, 0.05) is 43.7 Å². The zero-order valence-electron chi connectivity index (χ0n) is 22.7. The minimum absolute atomic E-state index is 0.120. The number of halogens is 2. The lowest BCUT2D eigenvalue weighted by Crippen LogP contribution is -2.54. The molecule has 1 atom stereocenters. The van der Waals surface area contributed by atoms with Crippen molar-refractivity contribution in [3.05, 3.63) is 64.9 Å². The number of benzene rings is 2. The Morgan fingerprint density at radius 3 is 2.13 bits per heavy atom. The van der Waals surface area contributed by atoms with Crippen molar-refractivity contribution in [1.29, 1.82) is 0 Å². The minimum atomic E-state index is -3.93. The first-order valence-electron chi connectivity index (χ1n) is 12.8.